The Balaban J connectivity index is 2.77. The highest BCUT2D eigenvalue weighted by atomic mass is 79.9. The van der Waals surface area contributed by atoms with Gasteiger partial charge in [-0.2, -0.15) is 5.10 Å². The first kappa shape index (κ1) is 18.2. The van der Waals surface area contributed by atoms with Gasteiger partial charge in [0, 0.05) is 26.8 Å². The zero-order valence-corrected chi connectivity index (χ0v) is 15.2. The van der Waals surface area contributed by atoms with Crippen LogP contribution in [0.3, 0.4) is 0 Å². The molecule has 0 atom stereocenters. The maximum Gasteiger partial charge on any atom is 0.283 e. The van der Waals surface area contributed by atoms with E-state index in [0.29, 0.717) is 16.9 Å². The van der Waals surface area contributed by atoms with Gasteiger partial charge in [-0.25, -0.2) is 4.68 Å². The normalized spacial score (nSPS) is 12.0. The van der Waals surface area contributed by atoms with E-state index in [1.807, 2.05) is 0 Å². The SMILES string of the molecule is COCCC(C)(C)CNc1cnn(CC(C)C)c(=O)c1Br. The molecule has 0 unspecified atom stereocenters. The Kier molecular flexibility index (Phi) is 6.87. The number of halogens is 1. The summed E-state index contributed by atoms with van der Waals surface area (Å²) < 4.78 is 7.16. The van der Waals surface area contributed by atoms with Crippen LogP contribution in [-0.4, -0.2) is 30.0 Å². The molecule has 0 fully saturated rings. The Morgan fingerprint density at radius 1 is 1.48 bits per heavy atom. The third-order valence-electron chi connectivity index (χ3n) is 3.26. The smallest absolute Gasteiger partial charge is 0.283 e. The van der Waals surface area contributed by atoms with E-state index in [1.165, 1.54) is 4.68 Å². The molecule has 120 valence electrons. The number of aromatic nitrogens is 2. The van der Waals surface area contributed by atoms with E-state index < -0.39 is 0 Å². The van der Waals surface area contributed by atoms with Crippen molar-refractivity contribution in [3.8, 4) is 0 Å². The van der Waals surface area contributed by atoms with Crippen LogP contribution in [0.4, 0.5) is 5.69 Å². The first-order chi connectivity index (χ1) is 9.76. The number of hydrogen-bond donors (Lipinski definition) is 1. The molecule has 5 nitrogen and oxygen atoms in total. The molecule has 0 aliphatic heterocycles. The predicted molar refractivity (Wildman–Crippen MR) is 89.8 cm³/mol. The molecule has 1 aromatic rings. The molecule has 1 aromatic heterocycles. The van der Waals surface area contributed by atoms with Gasteiger partial charge in [0.15, 0.2) is 0 Å². The minimum Gasteiger partial charge on any atom is -0.385 e. The maximum atomic E-state index is 12.2. The van der Waals surface area contributed by atoms with Crippen LogP contribution in [0.15, 0.2) is 15.5 Å². The van der Waals surface area contributed by atoms with Gasteiger partial charge in [-0.1, -0.05) is 27.7 Å². The van der Waals surface area contributed by atoms with Gasteiger partial charge >= 0.3 is 0 Å². The minimum atomic E-state index is -0.0941. The summed E-state index contributed by atoms with van der Waals surface area (Å²) in [4.78, 5) is 12.2. The zero-order chi connectivity index (χ0) is 16.0. The Morgan fingerprint density at radius 2 is 2.14 bits per heavy atom. The van der Waals surface area contributed by atoms with E-state index in [1.54, 1.807) is 13.3 Å². The summed E-state index contributed by atoms with van der Waals surface area (Å²) in [6, 6.07) is 0. The molecule has 0 amide bonds. The third kappa shape index (κ3) is 5.79. The summed E-state index contributed by atoms with van der Waals surface area (Å²) in [5, 5.41) is 7.53. The highest BCUT2D eigenvalue weighted by Gasteiger charge is 2.18. The Morgan fingerprint density at radius 3 is 2.71 bits per heavy atom. The van der Waals surface area contributed by atoms with Crippen LogP contribution < -0.4 is 10.9 Å². The lowest BCUT2D eigenvalue weighted by Crippen LogP contribution is -2.29. The molecule has 6 heteroatoms. The summed E-state index contributed by atoms with van der Waals surface area (Å²) in [6.45, 7) is 10.6. The Labute approximate surface area is 135 Å². The minimum absolute atomic E-state index is 0.0856. The summed E-state index contributed by atoms with van der Waals surface area (Å²) in [6.07, 6.45) is 2.66. The predicted octanol–water partition coefficient (Wildman–Crippen LogP) is 3.14. The first-order valence-corrected chi connectivity index (χ1v) is 8.04. The van der Waals surface area contributed by atoms with Gasteiger partial charge in [0.1, 0.15) is 4.47 Å². The maximum absolute atomic E-state index is 12.2. The van der Waals surface area contributed by atoms with Gasteiger partial charge in [-0.3, -0.25) is 4.79 Å². The molecular formula is C15H26BrN3O2. The number of nitrogens with one attached hydrogen (secondary N) is 1. The van der Waals surface area contributed by atoms with E-state index in [2.05, 4.69) is 54.0 Å². The van der Waals surface area contributed by atoms with Crippen LogP contribution in [0.5, 0.6) is 0 Å². The van der Waals surface area contributed by atoms with Crippen LogP contribution in [-0.2, 0) is 11.3 Å². The molecule has 0 aromatic carbocycles. The summed E-state index contributed by atoms with van der Waals surface area (Å²) >= 11 is 3.38. The number of anilines is 1. The summed E-state index contributed by atoms with van der Waals surface area (Å²) in [7, 11) is 1.71. The van der Waals surface area contributed by atoms with Crippen molar-refractivity contribution >= 4 is 21.6 Å². The molecule has 21 heavy (non-hydrogen) atoms. The van der Waals surface area contributed by atoms with Crippen LogP contribution >= 0.6 is 15.9 Å². The average molecular weight is 360 g/mol. The second-order valence-electron chi connectivity index (χ2n) is 6.51. The topological polar surface area (TPSA) is 56.1 Å². The zero-order valence-electron chi connectivity index (χ0n) is 13.6. The molecule has 0 saturated carbocycles. The monoisotopic (exact) mass is 359 g/mol. The quantitative estimate of drug-likeness (QED) is 0.774. The van der Waals surface area contributed by atoms with Crippen molar-refractivity contribution < 1.29 is 4.74 Å². The van der Waals surface area contributed by atoms with Gasteiger partial charge < -0.3 is 10.1 Å². The molecule has 0 aliphatic rings. The van der Waals surface area contributed by atoms with Crippen molar-refractivity contribution in [1.82, 2.24) is 9.78 Å². The van der Waals surface area contributed by atoms with E-state index in [9.17, 15) is 4.79 Å². The fraction of sp³-hybridized carbons (Fsp3) is 0.733. The van der Waals surface area contributed by atoms with Gasteiger partial charge in [-0.05, 0) is 33.7 Å². The van der Waals surface area contributed by atoms with Crippen LogP contribution in [0.25, 0.3) is 0 Å². The second-order valence-corrected chi connectivity index (χ2v) is 7.31. The van der Waals surface area contributed by atoms with Crippen LogP contribution in [0.2, 0.25) is 0 Å². The van der Waals surface area contributed by atoms with E-state index in [4.69, 9.17) is 4.74 Å². The molecule has 0 bridgehead atoms. The lowest BCUT2D eigenvalue weighted by Gasteiger charge is -2.25. The summed E-state index contributed by atoms with van der Waals surface area (Å²) in [5.41, 5.74) is 0.733. The van der Waals surface area contributed by atoms with Gasteiger partial charge in [0.05, 0.1) is 11.9 Å². The average Bonchev–Trinajstić information content (AvgIpc) is 2.40. The second kappa shape index (κ2) is 7.94. The standard InChI is InChI=1S/C15H26BrN3O2/c1-11(2)9-19-14(20)13(16)12(8-18-19)17-10-15(3,4)6-7-21-5/h8,11,17H,6-7,9-10H2,1-5H3. The summed E-state index contributed by atoms with van der Waals surface area (Å²) in [5.74, 6) is 0.383. The number of rotatable bonds is 8. The lowest BCUT2D eigenvalue weighted by molar-refractivity contribution is 0.157. The van der Waals surface area contributed by atoms with Gasteiger partial charge in [0.2, 0.25) is 0 Å². The molecule has 1 rings (SSSR count). The Hall–Kier alpha value is -0.880. The van der Waals surface area contributed by atoms with Crippen LogP contribution in [0.1, 0.15) is 34.1 Å². The molecule has 0 saturated heterocycles. The van der Waals surface area contributed by atoms with Crippen molar-refractivity contribution in [1.29, 1.82) is 0 Å². The highest BCUT2D eigenvalue weighted by Crippen LogP contribution is 2.23. The van der Waals surface area contributed by atoms with E-state index in [0.717, 1.165) is 25.3 Å². The molecule has 1 heterocycles. The highest BCUT2D eigenvalue weighted by molar-refractivity contribution is 9.10. The Bertz CT molecular complexity index is 512. The lowest BCUT2D eigenvalue weighted by atomic mass is 9.89. The van der Waals surface area contributed by atoms with E-state index >= 15 is 0 Å². The van der Waals surface area contributed by atoms with Crippen molar-refractivity contribution in [3.63, 3.8) is 0 Å². The number of ether oxygens (including phenoxy) is 1. The van der Waals surface area contributed by atoms with Gasteiger partial charge in [0.25, 0.3) is 5.56 Å². The molecular weight excluding hydrogens is 334 g/mol. The van der Waals surface area contributed by atoms with Crippen molar-refractivity contribution in [2.24, 2.45) is 11.3 Å². The molecule has 0 aliphatic carbocycles. The first-order valence-electron chi connectivity index (χ1n) is 7.25. The largest absolute Gasteiger partial charge is 0.385 e. The van der Waals surface area contributed by atoms with Crippen molar-refractivity contribution in [2.75, 3.05) is 25.6 Å². The number of methoxy groups -OCH3 is 1. The fourth-order valence-corrected chi connectivity index (χ4v) is 2.31. The van der Waals surface area contributed by atoms with Crippen molar-refractivity contribution in [2.45, 2.75) is 40.7 Å². The third-order valence-corrected chi connectivity index (χ3v) is 4.03. The van der Waals surface area contributed by atoms with E-state index in [-0.39, 0.29) is 11.0 Å². The molecule has 0 radical (unpaired) electrons. The number of nitrogens with zero attached hydrogens (tertiary/aromatic N) is 2. The number of hydrogen-bond acceptors (Lipinski definition) is 4. The van der Waals surface area contributed by atoms with Crippen molar-refractivity contribution in [3.05, 3.63) is 21.0 Å². The van der Waals surface area contributed by atoms with Crippen LogP contribution in [0, 0.1) is 11.3 Å². The fourth-order valence-electron chi connectivity index (χ4n) is 1.87. The molecule has 0 spiro atoms. The molecule has 1 N–H and O–H groups in total. The van der Waals surface area contributed by atoms with Gasteiger partial charge in [-0.15, -0.1) is 0 Å².